The fourth-order valence-electron chi connectivity index (χ4n) is 3.04. The Balaban J connectivity index is 1.64. The van der Waals surface area contributed by atoms with E-state index in [2.05, 4.69) is 15.0 Å². The van der Waals surface area contributed by atoms with Gasteiger partial charge in [0.05, 0.1) is 32.9 Å². The van der Waals surface area contributed by atoms with Gasteiger partial charge in [-0.15, -0.1) is 11.3 Å². The van der Waals surface area contributed by atoms with Crippen molar-refractivity contribution in [2.24, 2.45) is 0 Å². The first-order valence-electron chi connectivity index (χ1n) is 9.29. The van der Waals surface area contributed by atoms with Crippen LogP contribution in [0.2, 0.25) is 0 Å². The minimum atomic E-state index is -3.55. The highest BCUT2D eigenvalue weighted by Gasteiger charge is 2.22. The Morgan fingerprint density at radius 1 is 1.27 bits per heavy atom. The van der Waals surface area contributed by atoms with E-state index in [1.54, 1.807) is 30.5 Å². The van der Waals surface area contributed by atoms with Crippen LogP contribution in [0.1, 0.15) is 25.4 Å². The third kappa shape index (κ3) is 3.93. The predicted octanol–water partition coefficient (Wildman–Crippen LogP) is 5.05. The van der Waals surface area contributed by atoms with Crippen molar-refractivity contribution in [1.29, 1.82) is 0 Å². The van der Waals surface area contributed by atoms with Gasteiger partial charge in [-0.2, -0.15) is 4.31 Å². The number of hydrogen-bond donors (Lipinski definition) is 1. The van der Waals surface area contributed by atoms with Gasteiger partial charge < -0.3 is 9.40 Å². The highest BCUT2D eigenvalue weighted by molar-refractivity contribution is 7.89. The van der Waals surface area contributed by atoms with Crippen LogP contribution < -0.4 is 0 Å². The number of benzene rings is 1. The number of hydrogen-bond acceptors (Lipinski definition) is 6. The molecule has 0 fully saturated rings. The Morgan fingerprint density at radius 3 is 2.77 bits per heavy atom. The largest absolute Gasteiger partial charge is 0.462 e. The number of sulfonamides is 1. The molecule has 156 valence electrons. The average Bonchev–Trinajstić information content (AvgIpc) is 3.47. The van der Waals surface area contributed by atoms with Crippen LogP contribution in [0.15, 0.2) is 51.3 Å². The summed E-state index contributed by atoms with van der Waals surface area (Å²) in [6, 6.07) is 8.48. The molecule has 0 aliphatic heterocycles. The number of H-pyrrole nitrogens is 1. The van der Waals surface area contributed by atoms with E-state index in [4.69, 9.17) is 16.0 Å². The Morgan fingerprint density at radius 2 is 2.07 bits per heavy atom. The first-order chi connectivity index (χ1) is 14.4. The maximum absolute atomic E-state index is 12.8. The number of halogens is 1. The van der Waals surface area contributed by atoms with E-state index in [1.165, 1.54) is 15.6 Å². The molecule has 30 heavy (non-hydrogen) atoms. The van der Waals surface area contributed by atoms with Crippen LogP contribution in [0.4, 0.5) is 0 Å². The van der Waals surface area contributed by atoms with E-state index in [0.717, 1.165) is 5.01 Å². The van der Waals surface area contributed by atoms with E-state index < -0.39 is 10.0 Å². The lowest BCUT2D eigenvalue weighted by Crippen LogP contribution is -2.30. The number of imidazole rings is 1. The van der Waals surface area contributed by atoms with Gasteiger partial charge in [-0.05, 0) is 36.4 Å². The molecule has 3 heterocycles. The molecule has 0 aliphatic carbocycles. The third-order valence-electron chi connectivity index (χ3n) is 4.55. The van der Waals surface area contributed by atoms with Crippen molar-refractivity contribution >= 4 is 55.1 Å². The van der Waals surface area contributed by atoms with Crippen molar-refractivity contribution in [1.82, 2.24) is 19.3 Å². The van der Waals surface area contributed by atoms with Crippen LogP contribution in [0.25, 0.3) is 32.9 Å². The van der Waals surface area contributed by atoms with E-state index in [1.807, 2.05) is 31.4 Å². The maximum Gasteiger partial charge on any atom is 0.243 e. The van der Waals surface area contributed by atoms with Gasteiger partial charge in [0.2, 0.25) is 10.0 Å². The number of fused-ring (bicyclic) bond motifs is 1. The molecule has 0 radical (unpaired) electrons. The average molecular weight is 463 g/mol. The molecular formula is C20H19ClN4O3S2. The lowest BCUT2D eigenvalue weighted by atomic mass is 10.3. The lowest BCUT2D eigenvalue weighted by molar-refractivity contribution is 0.445. The summed E-state index contributed by atoms with van der Waals surface area (Å²) in [6.45, 7) is 4.45. The summed E-state index contributed by atoms with van der Waals surface area (Å²) in [5.74, 6) is 1.14. The fraction of sp³-hybridized carbons (Fsp3) is 0.200. The van der Waals surface area contributed by atoms with E-state index in [-0.39, 0.29) is 4.90 Å². The summed E-state index contributed by atoms with van der Waals surface area (Å²) in [6.07, 6.45) is 3.30. The zero-order chi connectivity index (χ0) is 21.3. The topological polar surface area (TPSA) is 92.1 Å². The normalized spacial score (nSPS) is 12.9. The van der Waals surface area contributed by atoms with Crippen LogP contribution >= 0.6 is 22.9 Å². The summed E-state index contributed by atoms with van der Waals surface area (Å²) in [4.78, 5) is 12.3. The summed E-state index contributed by atoms with van der Waals surface area (Å²) in [5, 5.41) is 3.00. The fourth-order valence-corrected chi connectivity index (χ4v) is 5.47. The molecule has 0 amide bonds. The monoisotopic (exact) mass is 462 g/mol. The first-order valence-corrected chi connectivity index (χ1v) is 12.0. The minimum Gasteiger partial charge on any atom is -0.462 e. The number of nitrogens with zero attached hydrogens (tertiary/aromatic N) is 3. The van der Waals surface area contributed by atoms with Crippen LogP contribution in [0.5, 0.6) is 0 Å². The number of aromatic amines is 1. The molecule has 10 heteroatoms. The molecule has 1 N–H and O–H groups in total. The van der Waals surface area contributed by atoms with Crippen molar-refractivity contribution in [2.45, 2.75) is 18.7 Å². The first kappa shape index (κ1) is 20.8. The van der Waals surface area contributed by atoms with Crippen LogP contribution in [-0.2, 0) is 10.0 Å². The molecule has 0 saturated heterocycles. The molecule has 0 aliphatic rings. The molecule has 1 aromatic carbocycles. The molecule has 0 unspecified atom stereocenters. The molecular weight excluding hydrogens is 444 g/mol. The van der Waals surface area contributed by atoms with Gasteiger partial charge >= 0.3 is 0 Å². The van der Waals surface area contributed by atoms with E-state index >= 15 is 0 Å². The highest BCUT2D eigenvalue weighted by Crippen LogP contribution is 2.28. The zero-order valence-electron chi connectivity index (χ0n) is 16.3. The number of furan rings is 1. The Labute approximate surface area is 183 Å². The molecule has 3 aromatic heterocycles. The van der Waals surface area contributed by atoms with Crippen molar-refractivity contribution in [3.05, 3.63) is 53.5 Å². The summed E-state index contributed by atoms with van der Waals surface area (Å²) >= 11 is 7.90. The van der Waals surface area contributed by atoms with E-state index in [0.29, 0.717) is 46.4 Å². The maximum atomic E-state index is 12.8. The number of nitrogens with one attached hydrogen (secondary N) is 1. The third-order valence-corrected chi connectivity index (χ3v) is 7.76. The molecule has 0 bridgehead atoms. The van der Waals surface area contributed by atoms with Gasteiger partial charge in [0.25, 0.3) is 0 Å². The Bertz CT molecular complexity index is 1300. The lowest BCUT2D eigenvalue weighted by Gasteiger charge is -2.18. The second-order valence-corrected chi connectivity index (χ2v) is 9.60. The van der Waals surface area contributed by atoms with E-state index in [9.17, 15) is 8.42 Å². The SMILES string of the molecule is CCN(CC)S(=O)(=O)c1ccc2nc(/C(Cl)=C/c3csc(-c4ccco4)n3)[nH]c2c1. The standard InChI is InChI=1S/C20H19ClN4O3S2/c1-3-25(4-2)30(26,27)14-7-8-16-17(11-14)24-19(23-16)15(21)10-13-12-29-20(22-13)18-6-5-9-28-18/h5-12H,3-4H2,1-2H3,(H,23,24)/b15-10-. The molecule has 0 atom stereocenters. The Hall–Kier alpha value is -2.46. The van der Waals surface area contributed by atoms with Gasteiger partial charge in [0.15, 0.2) is 10.8 Å². The molecule has 7 nitrogen and oxygen atoms in total. The number of thiazole rings is 1. The van der Waals surface area contributed by atoms with Gasteiger partial charge in [-0.1, -0.05) is 25.4 Å². The second-order valence-electron chi connectivity index (χ2n) is 6.40. The van der Waals surface area contributed by atoms with Crippen LogP contribution in [-0.4, -0.2) is 40.8 Å². The van der Waals surface area contributed by atoms with Crippen molar-refractivity contribution < 1.29 is 12.8 Å². The Kier molecular flexibility index (Phi) is 5.79. The highest BCUT2D eigenvalue weighted by atomic mass is 35.5. The minimum absolute atomic E-state index is 0.219. The van der Waals surface area contributed by atoms with Gasteiger partial charge in [-0.3, -0.25) is 0 Å². The summed E-state index contributed by atoms with van der Waals surface area (Å²) in [7, 11) is -3.55. The predicted molar refractivity (Wildman–Crippen MR) is 120 cm³/mol. The quantitative estimate of drug-likeness (QED) is 0.415. The van der Waals surface area contributed by atoms with Crippen molar-refractivity contribution in [3.63, 3.8) is 0 Å². The van der Waals surface area contributed by atoms with Crippen LogP contribution in [0.3, 0.4) is 0 Å². The second kappa shape index (κ2) is 8.35. The smallest absolute Gasteiger partial charge is 0.243 e. The van der Waals surface area contributed by atoms with Crippen LogP contribution in [0, 0.1) is 0 Å². The van der Waals surface area contributed by atoms with Crippen molar-refractivity contribution in [3.8, 4) is 10.8 Å². The molecule has 0 spiro atoms. The van der Waals surface area contributed by atoms with Gasteiger partial charge in [0, 0.05) is 18.5 Å². The molecule has 0 saturated carbocycles. The van der Waals surface area contributed by atoms with Gasteiger partial charge in [-0.25, -0.2) is 18.4 Å². The molecule has 4 rings (SSSR count). The number of aromatic nitrogens is 3. The summed E-state index contributed by atoms with van der Waals surface area (Å²) in [5.41, 5.74) is 1.91. The molecule has 4 aromatic rings. The zero-order valence-corrected chi connectivity index (χ0v) is 18.7. The summed E-state index contributed by atoms with van der Waals surface area (Å²) < 4.78 is 32.3. The van der Waals surface area contributed by atoms with Crippen molar-refractivity contribution in [2.75, 3.05) is 13.1 Å². The number of rotatable bonds is 7. The van der Waals surface area contributed by atoms with Gasteiger partial charge in [0.1, 0.15) is 5.82 Å².